The minimum Gasteiger partial charge on any atom is -0.321 e. The van der Waals surface area contributed by atoms with Gasteiger partial charge in [0.25, 0.3) is 11.6 Å². The number of carbonyl (C=O) groups excluding carboxylic acids is 1. The van der Waals surface area contributed by atoms with Gasteiger partial charge < -0.3 is 5.32 Å². The van der Waals surface area contributed by atoms with E-state index in [0.29, 0.717) is 11.3 Å². The van der Waals surface area contributed by atoms with Gasteiger partial charge in [0.15, 0.2) is 0 Å². The third-order valence-corrected chi connectivity index (χ3v) is 5.32. The molecule has 0 aliphatic heterocycles. The predicted octanol–water partition coefficient (Wildman–Crippen LogP) is 3.23. The Morgan fingerprint density at radius 2 is 1.67 bits per heavy atom. The molecule has 2 aromatic rings. The van der Waals surface area contributed by atoms with Crippen molar-refractivity contribution in [3.8, 4) is 0 Å². The van der Waals surface area contributed by atoms with Crippen LogP contribution >= 0.6 is 0 Å². The monoisotopic (exact) mass is 391 g/mol. The van der Waals surface area contributed by atoms with Crippen LogP contribution in [0.15, 0.2) is 47.4 Å². The maximum absolute atomic E-state index is 12.4. The number of sulfonamides is 1. The lowest BCUT2D eigenvalue weighted by molar-refractivity contribution is -0.384. The van der Waals surface area contributed by atoms with Crippen molar-refractivity contribution in [2.75, 3.05) is 5.32 Å². The first-order valence-electron chi connectivity index (χ1n) is 8.09. The normalized spacial score (nSPS) is 11.9. The summed E-state index contributed by atoms with van der Waals surface area (Å²) in [6.07, 6.45) is 0. The Labute approximate surface area is 157 Å². The van der Waals surface area contributed by atoms with Crippen LogP contribution in [0.3, 0.4) is 0 Å². The van der Waals surface area contributed by atoms with Gasteiger partial charge in [-0.25, -0.2) is 13.1 Å². The van der Waals surface area contributed by atoms with Crippen molar-refractivity contribution in [2.45, 2.75) is 38.1 Å². The van der Waals surface area contributed by atoms with Gasteiger partial charge in [0.05, 0.1) is 15.5 Å². The van der Waals surface area contributed by atoms with Gasteiger partial charge in [-0.15, -0.1) is 0 Å². The van der Waals surface area contributed by atoms with Crippen molar-refractivity contribution in [1.82, 2.24) is 4.72 Å². The van der Waals surface area contributed by atoms with E-state index in [0.717, 1.165) is 0 Å². The summed E-state index contributed by atoms with van der Waals surface area (Å²) in [5.41, 5.74) is 0.457. The molecule has 0 saturated carbocycles. The van der Waals surface area contributed by atoms with Crippen molar-refractivity contribution >= 4 is 27.3 Å². The van der Waals surface area contributed by atoms with Crippen molar-refractivity contribution in [3.05, 3.63) is 63.7 Å². The lowest BCUT2D eigenvalue weighted by Crippen LogP contribution is -2.40. The number of benzene rings is 2. The molecule has 0 bridgehead atoms. The number of nitro groups is 1. The van der Waals surface area contributed by atoms with Crippen LogP contribution in [-0.4, -0.2) is 24.8 Å². The molecule has 9 heteroatoms. The summed E-state index contributed by atoms with van der Waals surface area (Å²) in [4.78, 5) is 22.8. The van der Waals surface area contributed by atoms with Crippen molar-refractivity contribution in [3.63, 3.8) is 0 Å². The van der Waals surface area contributed by atoms with E-state index in [4.69, 9.17) is 0 Å². The molecule has 0 aliphatic rings. The maximum atomic E-state index is 12.4. The minimum atomic E-state index is -3.70. The van der Waals surface area contributed by atoms with Crippen LogP contribution in [0, 0.1) is 17.0 Å². The molecular weight excluding hydrogens is 370 g/mol. The molecule has 144 valence electrons. The number of nitrogens with one attached hydrogen (secondary N) is 2. The molecule has 0 radical (unpaired) electrons. The number of hydrogen-bond donors (Lipinski definition) is 2. The fraction of sp³-hybridized carbons (Fsp3) is 0.278. The van der Waals surface area contributed by atoms with Crippen LogP contribution in [-0.2, 0) is 10.0 Å². The summed E-state index contributed by atoms with van der Waals surface area (Å²) < 4.78 is 27.1. The van der Waals surface area contributed by atoms with Crippen LogP contribution in [0.4, 0.5) is 11.4 Å². The molecule has 0 aromatic heterocycles. The Kier molecular flexibility index (Phi) is 5.67. The number of nitrogens with zero attached hydrogens (tertiary/aromatic N) is 1. The van der Waals surface area contributed by atoms with Gasteiger partial charge in [-0.05, 0) is 57.5 Å². The third-order valence-electron chi connectivity index (χ3n) is 3.55. The molecule has 0 spiro atoms. The fourth-order valence-corrected chi connectivity index (χ4v) is 3.72. The zero-order valence-corrected chi connectivity index (χ0v) is 16.3. The molecule has 0 saturated heterocycles. The van der Waals surface area contributed by atoms with Crippen molar-refractivity contribution in [1.29, 1.82) is 0 Å². The number of nitro benzene ring substituents is 1. The standard InChI is InChI=1S/C18H21N3O5S/c1-12-5-8-14(21(23)24)11-16(12)19-17(22)13-6-9-15(10-7-13)27(25,26)20-18(2,3)4/h5-11,20H,1-4H3,(H,19,22). The van der Waals surface area contributed by atoms with E-state index in [2.05, 4.69) is 10.0 Å². The molecule has 8 nitrogen and oxygen atoms in total. The van der Waals surface area contributed by atoms with E-state index in [-0.39, 0.29) is 16.1 Å². The Balaban J connectivity index is 2.22. The molecule has 0 unspecified atom stereocenters. The van der Waals surface area contributed by atoms with Crippen LogP contribution in [0.2, 0.25) is 0 Å². The van der Waals surface area contributed by atoms with E-state index >= 15 is 0 Å². The maximum Gasteiger partial charge on any atom is 0.271 e. The van der Waals surface area contributed by atoms with Crippen LogP contribution < -0.4 is 10.0 Å². The van der Waals surface area contributed by atoms with Gasteiger partial charge in [0.1, 0.15) is 0 Å². The molecule has 2 N–H and O–H groups in total. The fourth-order valence-electron chi connectivity index (χ4n) is 2.30. The molecule has 0 heterocycles. The topological polar surface area (TPSA) is 118 Å². The summed E-state index contributed by atoms with van der Waals surface area (Å²) in [6, 6.07) is 9.62. The molecule has 1 amide bonds. The molecule has 0 aliphatic carbocycles. The zero-order chi connectivity index (χ0) is 20.4. The quantitative estimate of drug-likeness (QED) is 0.599. The number of anilines is 1. The highest BCUT2D eigenvalue weighted by atomic mass is 32.2. The number of amides is 1. The lowest BCUT2D eigenvalue weighted by atomic mass is 10.1. The van der Waals surface area contributed by atoms with Crippen molar-refractivity contribution in [2.24, 2.45) is 0 Å². The number of aryl methyl sites for hydroxylation is 1. The SMILES string of the molecule is Cc1ccc([N+](=O)[O-])cc1NC(=O)c1ccc(S(=O)(=O)NC(C)(C)C)cc1. The summed E-state index contributed by atoms with van der Waals surface area (Å²) >= 11 is 0. The van der Waals surface area contributed by atoms with Gasteiger partial charge in [0.2, 0.25) is 10.0 Å². The highest BCUT2D eigenvalue weighted by Gasteiger charge is 2.22. The van der Waals surface area contributed by atoms with E-state index in [9.17, 15) is 23.3 Å². The highest BCUT2D eigenvalue weighted by Crippen LogP contribution is 2.23. The smallest absolute Gasteiger partial charge is 0.271 e. The van der Waals surface area contributed by atoms with E-state index in [1.54, 1.807) is 33.8 Å². The third kappa shape index (κ3) is 5.35. The largest absolute Gasteiger partial charge is 0.321 e. The van der Waals surface area contributed by atoms with Gasteiger partial charge in [-0.3, -0.25) is 14.9 Å². The molecule has 2 aromatic carbocycles. The minimum absolute atomic E-state index is 0.0421. The number of hydrogen-bond acceptors (Lipinski definition) is 5. The second kappa shape index (κ2) is 7.45. The van der Waals surface area contributed by atoms with E-state index < -0.39 is 26.4 Å². The summed E-state index contributed by atoms with van der Waals surface area (Å²) in [5, 5.41) is 13.5. The highest BCUT2D eigenvalue weighted by molar-refractivity contribution is 7.89. The average Bonchev–Trinajstić information content (AvgIpc) is 2.54. The Morgan fingerprint density at radius 1 is 1.07 bits per heavy atom. The summed E-state index contributed by atoms with van der Waals surface area (Å²) in [5.74, 6) is -0.494. The molecule has 0 fully saturated rings. The number of carbonyl (C=O) groups is 1. The van der Waals surface area contributed by atoms with Gasteiger partial charge in [-0.1, -0.05) is 6.07 Å². The van der Waals surface area contributed by atoms with Gasteiger partial charge in [-0.2, -0.15) is 0 Å². The van der Waals surface area contributed by atoms with Crippen molar-refractivity contribution < 1.29 is 18.1 Å². The summed E-state index contributed by atoms with van der Waals surface area (Å²) in [7, 11) is -3.70. The Morgan fingerprint density at radius 3 is 2.19 bits per heavy atom. The Hall–Kier alpha value is -2.78. The molecular formula is C18H21N3O5S. The van der Waals surface area contributed by atoms with Gasteiger partial charge in [0, 0.05) is 23.2 Å². The van der Waals surface area contributed by atoms with E-state index in [1.807, 2.05) is 0 Å². The summed E-state index contributed by atoms with van der Waals surface area (Å²) in [6.45, 7) is 6.91. The average molecular weight is 391 g/mol. The molecule has 0 atom stereocenters. The second-order valence-electron chi connectivity index (χ2n) is 7.09. The first-order chi connectivity index (χ1) is 12.4. The van der Waals surface area contributed by atoms with Gasteiger partial charge >= 0.3 is 0 Å². The Bertz CT molecular complexity index is 977. The van der Waals surface area contributed by atoms with Crippen LogP contribution in [0.5, 0.6) is 0 Å². The number of rotatable bonds is 5. The molecule has 27 heavy (non-hydrogen) atoms. The number of non-ortho nitro benzene ring substituents is 1. The van der Waals surface area contributed by atoms with Crippen LogP contribution in [0.1, 0.15) is 36.7 Å². The van der Waals surface area contributed by atoms with E-state index in [1.165, 1.54) is 36.4 Å². The first kappa shape index (κ1) is 20.5. The van der Waals surface area contributed by atoms with Crippen LogP contribution in [0.25, 0.3) is 0 Å². The second-order valence-corrected chi connectivity index (χ2v) is 8.77. The predicted molar refractivity (Wildman–Crippen MR) is 102 cm³/mol. The lowest BCUT2D eigenvalue weighted by Gasteiger charge is -2.20. The first-order valence-corrected chi connectivity index (χ1v) is 9.58. The molecule has 2 rings (SSSR count). The zero-order valence-electron chi connectivity index (χ0n) is 15.4.